The van der Waals surface area contributed by atoms with Gasteiger partial charge in [-0.1, -0.05) is 15.9 Å². The molecule has 15 heavy (non-hydrogen) atoms. The maximum Gasteiger partial charge on any atom is 0.523 e. The zero-order valence-corrected chi connectivity index (χ0v) is 9.73. The molecular weight excluding hydrogens is 305 g/mol. The third-order valence-corrected chi connectivity index (χ3v) is 3.38. The van der Waals surface area contributed by atoms with E-state index < -0.39 is 28.3 Å². The van der Waals surface area contributed by atoms with Gasteiger partial charge in [-0.2, -0.15) is 21.6 Å². The predicted molar refractivity (Wildman–Crippen MR) is 48.0 cm³/mol. The van der Waals surface area contributed by atoms with Gasteiger partial charge in [0.15, 0.2) is 0 Å². The van der Waals surface area contributed by atoms with Crippen LogP contribution in [-0.4, -0.2) is 38.1 Å². The lowest BCUT2D eigenvalue weighted by molar-refractivity contribution is -0.0569. The van der Waals surface area contributed by atoms with Crippen molar-refractivity contribution in [1.82, 2.24) is 0 Å². The highest BCUT2D eigenvalue weighted by Gasteiger charge is 2.47. The second-order valence-electron chi connectivity index (χ2n) is 2.97. The summed E-state index contributed by atoms with van der Waals surface area (Å²) in [4.78, 5) is 0.0275. The summed E-state index contributed by atoms with van der Waals surface area (Å²) in [7, 11) is -5.50. The maximum atomic E-state index is 11.8. The molecule has 0 amide bonds. The molecule has 0 radical (unpaired) electrons. The zero-order valence-electron chi connectivity index (χ0n) is 7.33. The third-order valence-electron chi connectivity index (χ3n) is 1.72. The Kier molecular flexibility index (Phi) is 4.01. The fraction of sp³-hybridized carbons (Fsp3) is 1.00. The van der Waals surface area contributed by atoms with Crippen LogP contribution >= 0.6 is 15.9 Å². The molecule has 2 unspecified atom stereocenters. The highest BCUT2D eigenvalue weighted by atomic mass is 79.9. The Morgan fingerprint density at radius 3 is 2.47 bits per heavy atom. The summed E-state index contributed by atoms with van der Waals surface area (Å²) in [6, 6.07) is 0. The SMILES string of the molecule is O=S(=O)(OCC1CC(Br)CO1)C(F)(F)F. The monoisotopic (exact) mass is 312 g/mol. The van der Waals surface area contributed by atoms with Crippen LogP contribution in [0.3, 0.4) is 0 Å². The van der Waals surface area contributed by atoms with Crippen LogP contribution in [0, 0.1) is 0 Å². The molecule has 0 aliphatic carbocycles. The van der Waals surface area contributed by atoms with Crippen LogP contribution < -0.4 is 0 Å². The van der Waals surface area contributed by atoms with Crippen LogP contribution in [0.15, 0.2) is 0 Å². The van der Waals surface area contributed by atoms with Gasteiger partial charge in [-0.05, 0) is 6.42 Å². The van der Waals surface area contributed by atoms with E-state index in [1.165, 1.54) is 0 Å². The van der Waals surface area contributed by atoms with E-state index in [9.17, 15) is 21.6 Å². The van der Waals surface area contributed by atoms with Crippen molar-refractivity contribution in [1.29, 1.82) is 0 Å². The van der Waals surface area contributed by atoms with Gasteiger partial charge in [0.1, 0.15) is 0 Å². The van der Waals surface area contributed by atoms with Crippen LogP contribution in [0.25, 0.3) is 0 Å². The first-order valence-corrected chi connectivity index (χ1v) is 6.26. The molecule has 1 saturated heterocycles. The van der Waals surface area contributed by atoms with Gasteiger partial charge in [0.2, 0.25) is 0 Å². The molecule has 1 aliphatic rings. The molecule has 0 aromatic rings. The zero-order chi connectivity index (χ0) is 11.7. The maximum absolute atomic E-state index is 11.8. The van der Waals surface area contributed by atoms with Crippen LogP contribution in [0.1, 0.15) is 6.42 Å². The van der Waals surface area contributed by atoms with Crippen molar-refractivity contribution in [2.24, 2.45) is 0 Å². The molecule has 0 saturated carbocycles. The molecule has 1 aliphatic heterocycles. The summed E-state index contributed by atoms with van der Waals surface area (Å²) in [5.41, 5.74) is -5.38. The second kappa shape index (κ2) is 4.56. The molecule has 1 heterocycles. The minimum atomic E-state index is -5.50. The van der Waals surface area contributed by atoms with E-state index in [2.05, 4.69) is 20.1 Å². The second-order valence-corrected chi connectivity index (χ2v) is 5.87. The smallest absolute Gasteiger partial charge is 0.375 e. The van der Waals surface area contributed by atoms with E-state index in [0.717, 1.165) is 0 Å². The molecule has 0 N–H and O–H groups in total. The largest absolute Gasteiger partial charge is 0.523 e. The third kappa shape index (κ3) is 3.58. The summed E-state index contributed by atoms with van der Waals surface area (Å²) in [6.45, 7) is -0.274. The molecule has 0 bridgehead atoms. The molecule has 0 spiro atoms. The Balaban J connectivity index is 2.44. The van der Waals surface area contributed by atoms with Crippen molar-refractivity contribution in [3.63, 3.8) is 0 Å². The first-order chi connectivity index (χ1) is 6.72. The summed E-state index contributed by atoms with van der Waals surface area (Å²) >= 11 is 3.19. The predicted octanol–water partition coefficient (Wildman–Crippen LogP) is 1.41. The number of halogens is 4. The van der Waals surface area contributed by atoms with Gasteiger partial charge in [-0.25, -0.2) is 0 Å². The Bertz CT molecular complexity index is 315. The molecule has 2 atom stereocenters. The number of alkyl halides is 4. The van der Waals surface area contributed by atoms with Crippen LogP contribution in [-0.2, 0) is 19.0 Å². The van der Waals surface area contributed by atoms with E-state index >= 15 is 0 Å². The van der Waals surface area contributed by atoms with Crippen molar-refractivity contribution >= 4 is 26.0 Å². The molecule has 9 heteroatoms. The Morgan fingerprint density at radius 1 is 1.47 bits per heavy atom. The molecule has 90 valence electrons. The van der Waals surface area contributed by atoms with E-state index in [1.807, 2.05) is 0 Å². The van der Waals surface area contributed by atoms with Gasteiger partial charge in [-0.3, -0.25) is 4.18 Å². The topological polar surface area (TPSA) is 52.6 Å². The van der Waals surface area contributed by atoms with E-state index in [0.29, 0.717) is 13.0 Å². The number of rotatable bonds is 3. The quantitative estimate of drug-likeness (QED) is 0.449. The average molecular weight is 313 g/mol. The Morgan fingerprint density at radius 2 is 2.07 bits per heavy atom. The first kappa shape index (κ1) is 13.2. The van der Waals surface area contributed by atoms with Crippen LogP contribution in [0.4, 0.5) is 13.2 Å². The van der Waals surface area contributed by atoms with Crippen molar-refractivity contribution in [3.8, 4) is 0 Å². The van der Waals surface area contributed by atoms with Crippen LogP contribution in [0.5, 0.6) is 0 Å². The minimum Gasteiger partial charge on any atom is -0.375 e. The normalized spacial score (nSPS) is 28.3. The fourth-order valence-corrected chi connectivity index (χ4v) is 2.04. The molecule has 4 nitrogen and oxygen atoms in total. The molecule has 0 aromatic heterocycles. The van der Waals surface area contributed by atoms with Gasteiger partial charge in [0.05, 0.1) is 19.3 Å². The lowest BCUT2D eigenvalue weighted by atomic mass is 10.2. The standard InChI is InChI=1S/C6H8BrF3O4S/c7-4-1-5(13-2-4)3-14-15(11,12)6(8,9)10/h4-5H,1-3H2. The summed E-state index contributed by atoms with van der Waals surface area (Å²) < 4.78 is 65.2. The highest BCUT2D eigenvalue weighted by molar-refractivity contribution is 9.09. The van der Waals surface area contributed by atoms with Gasteiger partial charge in [0, 0.05) is 4.83 Å². The summed E-state index contributed by atoms with van der Waals surface area (Å²) in [5.74, 6) is 0. The van der Waals surface area contributed by atoms with Gasteiger partial charge in [0.25, 0.3) is 0 Å². The number of ether oxygens (including phenoxy) is 1. The fourth-order valence-electron chi connectivity index (χ4n) is 1.01. The van der Waals surface area contributed by atoms with Gasteiger partial charge < -0.3 is 4.74 Å². The van der Waals surface area contributed by atoms with Gasteiger partial charge >= 0.3 is 15.6 Å². The van der Waals surface area contributed by atoms with E-state index in [1.54, 1.807) is 0 Å². The summed E-state index contributed by atoms with van der Waals surface area (Å²) in [6.07, 6.45) is -0.195. The van der Waals surface area contributed by atoms with Crippen LogP contribution in [0.2, 0.25) is 0 Å². The van der Waals surface area contributed by atoms with E-state index in [-0.39, 0.29) is 4.83 Å². The van der Waals surface area contributed by atoms with Crippen molar-refractivity contribution in [2.45, 2.75) is 22.9 Å². The summed E-state index contributed by atoms with van der Waals surface area (Å²) in [5, 5.41) is 0. The molecule has 0 aromatic carbocycles. The molecule has 1 fully saturated rings. The van der Waals surface area contributed by atoms with Crippen molar-refractivity contribution in [3.05, 3.63) is 0 Å². The average Bonchev–Trinajstić information content (AvgIpc) is 2.46. The Hall–Kier alpha value is 0.140. The lowest BCUT2D eigenvalue weighted by Gasteiger charge is -2.11. The Labute approximate surface area is 93.0 Å². The lowest BCUT2D eigenvalue weighted by Crippen LogP contribution is -2.28. The van der Waals surface area contributed by atoms with Gasteiger partial charge in [-0.15, -0.1) is 0 Å². The van der Waals surface area contributed by atoms with Crippen molar-refractivity contribution < 1.29 is 30.5 Å². The number of hydrogen-bond acceptors (Lipinski definition) is 4. The minimum absolute atomic E-state index is 0.0275. The highest BCUT2D eigenvalue weighted by Crippen LogP contribution is 2.26. The van der Waals surface area contributed by atoms with E-state index in [4.69, 9.17) is 4.74 Å². The molecular formula is C6H8BrF3O4S. The number of hydrogen-bond donors (Lipinski definition) is 0. The first-order valence-electron chi connectivity index (χ1n) is 3.94. The molecule has 1 rings (SSSR count). The van der Waals surface area contributed by atoms with Crippen molar-refractivity contribution in [2.75, 3.05) is 13.2 Å².